The molecule has 0 aliphatic heterocycles. The highest BCUT2D eigenvalue weighted by Gasteiger charge is 1.91. The van der Waals surface area contributed by atoms with Crippen molar-refractivity contribution in [2.45, 2.75) is 27.7 Å². The minimum absolute atomic E-state index is 1.14. The van der Waals surface area contributed by atoms with Crippen molar-refractivity contribution in [2.75, 3.05) is 5.32 Å². The molecule has 1 heteroatoms. The molecule has 0 fully saturated rings. The molecule has 0 saturated carbocycles. The lowest BCUT2D eigenvalue weighted by Crippen LogP contribution is -1.94. The second-order valence-corrected chi connectivity index (χ2v) is 4.08. The molecule has 0 amide bonds. The van der Waals surface area contributed by atoms with Crippen molar-refractivity contribution in [3.8, 4) is 0 Å². The molecule has 1 rings (SSSR count). The average Bonchev–Trinajstić information content (AvgIpc) is 2.19. The van der Waals surface area contributed by atoms with E-state index in [0.29, 0.717) is 0 Å². The van der Waals surface area contributed by atoms with Crippen LogP contribution in [0.4, 0.5) is 5.69 Å². The number of anilines is 1. The smallest absolute Gasteiger partial charge is 0.0381 e. The van der Waals surface area contributed by atoms with E-state index in [-0.39, 0.29) is 0 Å². The predicted molar refractivity (Wildman–Crippen MR) is 68.0 cm³/mol. The van der Waals surface area contributed by atoms with Crippen molar-refractivity contribution in [3.63, 3.8) is 0 Å². The van der Waals surface area contributed by atoms with E-state index in [1.807, 2.05) is 0 Å². The third kappa shape index (κ3) is 4.50. The zero-order valence-electron chi connectivity index (χ0n) is 9.96. The van der Waals surface area contributed by atoms with Gasteiger partial charge < -0.3 is 5.32 Å². The fraction of sp³-hybridized carbons (Fsp3) is 0.286. The summed E-state index contributed by atoms with van der Waals surface area (Å²) in [6.45, 7) is 8.35. The summed E-state index contributed by atoms with van der Waals surface area (Å²) in [5, 5.41) is 3.34. The standard InChI is InChI=1S/C14H19N/c1-11(2)5-8-13(4)15-14-9-6-12(3)7-10-14/h5-10,15H,1-4H3/b13-8+. The first-order valence-electron chi connectivity index (χ1n) is 5.23. The number of allylic oxidation sites excluding steroid dienone is 4. The van der Waals surface area contributed by atoms with E-state index in [9.17, 15) is 0 Å². The maximum absolute atomic E-state index is 3.34. The fourth-order valence-electron chi connectivity index (χ4n) is 1.20. The van der Waals surface area contributed by atoms with Gasteiger partial charge in [0, 0.05) is 11.4 Å². The molecule has 80 valence electrons. The highest BCUT2D eigenvalue weighted by molar-refractivity contribution is 5.49. The average molecular weight is 201 g/mol. The van der Waals surface area contributed by atoms with Crippen LogP contribution in [0.1, 0.15) is 26.3 Å². The number of benzene rings is 1. The molecule has 1 aromatic carbocycles. The van der Waals surface area contributed by atoms with Crippen molar-refractivity contribution in [1.29, 1.82) is 0 Å². The maximum Gasteiger partial charge on any atom is 0.0381 e. The van der Waals surface area contributed by atoms with Crippen LogP contribution in [0, 0.1) is 6.92 Å². The first-order valence-corrected chi connectivity index (χ1v) is 5.23. The van der Waals surface area contributed by atoms with Gasteiger partial charge in [0.05, 0.1) is 0 Å². The van der Waals surface area contributed by atoms with Gasteiger partial charge in [0.25, 0.3) is 0 Å². The predicted octanol–water partition coefficient (Wildman–Crippen LogP) is 4.28. The molecule has 0 aliphatic carbocycles. The van der Waals surface area contributed by atoms with Gasteiger partial charge in [-0.3, -0.25) is 0 Å². The molecule has 0 heterocycles. The number of nitrogens with one attached hydrogen (secondary N) is 1. The minimum Gasteiger partial charge on any atom is -0.359 e. The Kier molecular flexibility index (Phi) is 4.17. The quantitative estimate of drug-likeness (QED) is 0.720. The van der Waals surface area contributed by atoms with Crippen LogP contribution in [-0.2, 0) is 0 Å². The lowest BCUT2D eigenvalue weighted by molar-refractivity contribution is 1.34. The van der Waals surface area contributed by atoms with Crippen molar-refractivity contribution < 1.29 is 0 Å². The van der Waals surface area contributed by atoms with Gasteiger partial charge in [-0.25, -0.2) is 0 Å². The molecule has 0 saturated heterocycles. The summed E-state index contributed by atoms with van der Waals surface area (Å²) in [6.07, 6.45) is 4.20. The Morgan fingerprint density at radius 3 is 2.13 bits per heavy atom. The second kappa shape index (κ2) is 5.40. The van der Waals surface area contributed by atoms with Gasteiger partial charge in [-0.05, 0) is 45.9 Å². The molecule has 1 N–H and O–H groups in total. The third-order valence-corrected chi connectivity index (χ3v) is 2.06. The monoisotopic (exact) mass is 201 g/mol. The largest absolute Gasteiger partial charge is 0.359 e. The summed E-state index contributed by atoms with van der Waals surface area (Å²) in [5.74, 6) is 0. The molecular weight excluding hydrogens is 182 g/mol. The number of hydrogen-bond acceptors (Lipinski definition) is 1. The Labute approximate surface area is 92.5 Å². The van der Waals surface area contributed by atoms with Gasteiger partial charge in [0.15, 0.2) is 0 Å². The summed E-state index contributed by atoms with van der Waals surface area (Å²) in [5.41, 5.74) is 4.88. The van der Waals surface area contributed by atoms with E-state index in [1.165, 1.54) is 11.1 Å². The van der Waals surface area contributed by atoms with Gasteiger partial charge in [0.1, 0.15) is 0 Å². The highest BCUT2D eigenvalue weighted by atomic mass is 14.9. The van der Waals surface area contributed by atoms with Crippen LogP contribution < -0.4 is 5.32 Å². The molecule has 1 nitrogen and oxygen atoms in total. The Morgan fingerprint density at radius 1 is 1.00 bits per heavy atom. The van der Waals surface area contributed by atoms with Crippen LogP contribution in [0.3, 0.4) is 0 Å². The van der Waals surface area contributed by atoms with Gasteiger partial charge in [0.2, 0.25) is 0 Å². The molecule has 1 aromatic rings. The fourth-order valence-corrected chi connectivity index (χ4v) is 1.20. The van der Waals surface area contributed by atoms with Gasteiger partial charge >= 0.3 is 0 Å². The van der Waals surface area contributed by atoms with Crippen molar-refractivity contribution in [1.82, 2.24) is 0 Å². The molecule has 0 aliphatic rings. The highest BCUT2D eigenvalue weighted by Crippen LogP contribution is 2.11. The Morgan fingerprint density at radius 2 is 1.60 bits per heavy atom. The zero-order chi connectivity index (χ0) is 11.3. The molecular formula is C14H19N. The van der Waals surface area contributed by atoms with Gasteiger partial charge in [-0.1, -0.05) is 29.3 Å². The molecule has 15 heavy (non-hydrogen) atoms. The lowest BCUT2D eigenvalue weighted by Gasteiger charge is -2.05. The molecule has 0 radical (unpaired) electrons. The lowest BCUT2D eigenvalue weighted by atomic mass is 10.2. The number of hydrogen-bond donors (Lipinski definition) is 1. The van der Waals surface area contributed by atoms with E-state index in [4.69, 9.17) is 0 Å². The Bertz CT molecular complexity index is 365. The van der Waals surface area contributed by atoms with Crippen molar-refractivity contribution >= 4 is 5.69 Å². The van der Waals surface area contributed by atoms with Crippen LogP contribution in [-0.4, -0.2) is 0 Å². The van der Waals surface area contributed by atoms with E-state index >= 15 is 0 Å². The number of rotatable bonds is 3. The minimum atomic E-state index is 1.14. The zero-order valence-corrected chi connectivity index (χ0v) is 9.96. The summed E-state index contributed by atoms with van der Waals surface area (Å²) < 4.78 is 0. The normalized spacial score (nSPS) is 11.1. The Hall–Kier alpha value is -1.50. The number of aryl methyl sites for hydroxylation is 1. The first-order chi connectivity index (χ1) is 7.08. The van der Waals surface area contributed by atoms with Gasteiger partial charge in [-0.2, -0.15) is 0 Å². The molecule has 0 unspecified atom stereocenters. The van der Waals surface area contributed by atoms with E-state index in [1.54, 1.807) is 0 Å². The second-order valence-electron chi connectivity index (χ2n) is 4.08. The van der Waals surface area contributed by atoms with Crippen LogP contribution in [0.5, 0.6) is 0 Å². The van der Waals surface area contributed by atoms with Crippen molar-refractivity contribution in [2.24, 2.45) is 0 Å². The van der Waals surface area contributed by atoms with Crippen LogP contribution in [0.15, 0.2) is 47.7 Å². The van der Waals surface area contributed by atoms with Crippen LogP contribution >= 0.6 is 0 Å². The summed E-state index contributed by atoms with van der Waals surface area (Å²) in [6, 6.07) is 8.40. The molecule has 0 atom stereocenters. The SMILES string of the molecule is CC(C)=C/C=C(\C)Nc1ccc(C)cc1. The van der Waals surface area contributed by atoms with E-state index in [2.05, 4.69) is 69.4 Å². The van der Waals surface area contributed by atoms with Crippen LogP contribution in [0.25, 0.3) is 0 Å². The third-order valence-electron chi connectivity index (χ3n) is 2.06. The maximum atomic E-state index is 3.34. The molecule has 0 bridgehead atoms. The topological polar surface area (TPSA) is 12.0 Å². The van der Waals surface area contributed by atoms with Gasteiger partial charge in [-0.15, -0.1) is 0 Å². The summed E-state index contributed by atoms with van der Waals surface area (Å²) in [7, 11) is 0. The molecule has 0 aromatic heterocycles. The van der Waals surface area contributed by atoms with E-state index in [0.717, 1.165) is 11.4 Å². The van der Waals surface area contributed by atoms with Crippen LogP contribution in [0.2, 0.25) is 0 Å². The van der Waals surface area contributed by atoms with E-state index < -0.39 is 0 Å². The Balaban J connectivity index is 2.66. The first kappa shape index (κ1) is 11.6. The summed E-state index contributed by atoms with van der Waals surface area (Å²) >= 11 is 0. The van der Waals surface area contributed by atoms with Crippen molar-refractivity contribution in [3.05, 3.63) is 53.3 Å². The molecule has 0 spiro atoms. The summed E-state index contributed by atoms with van der Waals surface area (Å²) in [4.78, 5) is 0.